The first-order chi connectivity index (χ1) is 12.2. The van der Waals surface area contributed by atoms with Crippen LogP contribution in [0, 0.1) is 5.82 Å². The van der Waals surface area contributed by atoms with E-state index in [1.54, 1.807) is 12.1 Å². The van der Waals surface area contributed by atoms with Crippen molar-refractivity contribution in [2.75, 3.05) is 0 Å². The molecule has 0 atom stereocenters. The van der Waals surface area contributed by atoms with E-state index >= 15 is 0 Å². The lowest BCUT2D eigenvalue weighted by Crippen LogP contribution is -2.46. The molecule has 26 heavy (non-hydrogen) atoms. The van der Waals surface area contributed by atoms with Crippen LogP contribution in [-0.2, 0) is 5.41 Å². The van der Waals surface area contributed by atoms with Gasteiger partial charge in [0.05, 0.1) is 11.1 Å². The fourth-order valence-electron chi connectivity index (χ4n) is 3.34. The molecule has 0 aliphatic carbocycles. The number of hydrogen-bond acceptors (Lipinski definition) is 4. The van der Waals surface area contributed by atoms with E-state index in [4.69, 9.17) is 16.6 Å². The number of nitrogens with zero attached hydrogens (tertiary/aromatic N) is 4. The van der Waals surface area contributed by atoms with Crippen LogP contribution in [0.25, 0.3) is 11.0 Å². The van der Waals surface area contributed by atoms with Gasteiger partial charge in [-0.15, -0.1) is 10.2 Å². The van der Waals surface area contributed by atoms with Gasteiger partial charge in [-0.25, -0.2) is 9.37 Å². The van der Waals surface area contributed by atoms with Crippen molar-refractivity contribution in [1.29, 1.82) is 0 Å². The standard InChI is InChI=1S/C20H18ClFN4/c1-19(2)15-11(7-5-8-12(15)21)16(24-20(19,3)4)18-23-14-10-6-9-13(22)17(14)25-26-18/h5-10H,1-4H3. The molecule has 4 nitrogen and oxygen atoms in total. The summed E-state index contributed by atoms with van der Waals surface area (Å²) in [7, 11) is 0. The predicted molar refractivity (Wildman–Crippen MR) is 101 cm³/mol. The van der Waals surface area contributed by atoms with Gasteiger partial charge in [-0.2, -0.15) is 0 Å². The lowest BCUT2D eigenvalue weighted by molar-refractivity contribution is 0.303. The highest BCUT2D eigenvalue weighted by Gasteiger charge is 2.45. The molecule has 132 valence electrons. The Morgan fingerprint density at radius 1 is 0.962 bits per heavy atom. The quantitative estimate of drug-likeness (QED) is 0.624. The molecule has 6 heteroatoms. The molecule has 0 spiro atoms. The number of benzene rings is 2. The Kier molecular flexibility index (Phi) is 3.63. The number of rotatable bonds is 1. The summed E-state index contributed by atoms with van der Waals surface area (Å²) in [5.41, 5.74) is 2.42. The van der Waals surface area contributed by atoms with E-state index in [0.717, 1.165) is 11.1 Å². The number of aromatic nitrogens is 3. The fourth-order valence-corrected chi connectivity index (χ4v) is 3.75. The molecule has 1 aliphatic rings. The van der Waals surface area contributed by atoms with Crippen molar-refractivity contribution in [1.82, 2.24) is 15.2 Å². The Balaban J connectivity index is 2.00. The SMILES string of the molecule is CC1(C)N=C(c2nnc3c(F)cccc3n2)c2cccc(Cl)c2C1(C)C. The maximum Gasteiger partial charge on any atom is 0.201 e. The van der Waals surface area contributed by atoms with E-state index < -0.39 is 11.4 Å². The zero-order valence-electron chi connectivity index (χ0n) is 15.0. The largest absolute Gasteiger partial charge is 0.274 e. The van der Waals surface area contributed by atoms with Gasteiger partial charge in [-0.1, -0.05) is 43.6 Å². The molecular formula is C20H18ClFN4. The first-order valence-corrected chi connectivity index (χ1v) is 8.79. The Morgan fingerprint density at radius 2 is 1.69 bits per heavy atom. The molecule has 1 aliphatic heterocycles. The van der Waals surface area contributed by atoms with E-state index in [2.05, 4.69) is 42.9 Å². The normalized spacial score (nSPS) is 17.7. The molecular weight excluding hydrogens is 351 g/mol. The molecule has 3 aromatic rings. The van der Waals surface area contributed by atoms with Crippen LogP contribution >= 0.6 is 11.6 Å². The second kappa shape index (κ2) is 5.55. The van der Waals surface area contributed by atoms with Gasteiger partial charge >= 0.3 is 0 Å². The molecule has 0 saturated carbocycles. The third-order valence-electron chi connectivity index (χ3n) is 5.46. The lowest BCUT2D eigenvalue weighted by Gasteiger charge is -2.44. The van der Waals surface area contributed by atoms with E-state index in [9.17, 15) is 4.39 Å². The molecule has 2 aromatic carbocycles. The van der Waals surface area contributed by atoms with Crippen molar-refractivity contribution >= 4 is 28.3 Å². The zero-order chi connectivity index (χ0) is 18.7. The molecule has 0 amide bonds. The molecule has 0 saturated heterocycles. The molecule has 2 heterocycles. The summed E-state index contributed by atoms with van der Waals surface area (Å²) in [5, 5.41) is 8.88. The summed E-state index contributed by atoms with van der Waals surface area (Å²) in [6.07, 6.45) is 0. The Morgan fingerprint density at radius 3 is 2.46 bits per heavy atom. The Bertz CT molecular complexity index is 1070. The molecule has 4 rings (SSSR count). The third-order valence-corrected chi connectivity index (χ3v) is 5.78. The van der Waals surface area contributed by atoms with Crippen LogP contribution in [0.5, 0.6) is 0 Å². The van der Waals surface area contributed by atoms with Crippen molar-refractivity contribution in [3.8, 4) is 0 Å². The molecule has 1 aromatic heterocycles. The smallest absolute Gasteiger partial charge is 0.201 e. The summed E-state index contributed by atoms with van der Waals surface area (Å²) in [5.74, 6) is -0.0697. The average Bonchev–Trinajstić information content (AvgIpc) is 2.58. The Hall–Kier alpha value is -2.40. The summed E-state index contributed by atoms with van der Waals surface area (Å²) >= 11 is 6.56. The Labute approximate surface area is 156 Å². The van der Waals surface area contributed by atoms with Crippen molar-refractivity contribution in [3.05, 3.63) is 64.2 Å². The van der Waals surface area contributed by atoms with Gasteiger partial charge in [0.1, 0.15) is 11.2 Å². The van der Waals surface area contributed by atoms with Gasteiger partial charge in [0.2, 0.25) is 5.82 Å². The van der Waals surface area contributed by atoms with Gasteiger partial charge in [0.15, 0.2) is 5.82 Å². The molecule has 0 radical (unpaired) electrons. The van der Waals surface area contributed by atoms with Crippen LogP contribution in [0.1, 0.15) is 44.6 Å². The van der Waals surface area contributed by atoms with E-state index in [1.807, 2.05) is 18.2 Å². The summed E-state index contributed by atoms with van der Waals surface area (Å²) in [4.78, 5) is 9.46. The van der Waals surface area contributed by atoms with Gasteiger partial charge < -0.3 is 0 Å². The summed E-state index contributed by atoms with van der Waals surface area (Å²) in [6, 6.07) is 10.4. The van der Waals surface area contributed by atoms with Crippen LogP contribution in [0.2, 0.25) is 5.02 Å². The van der Waals surface area contributed by atoms with Crippen molar-refractivity contribution < 1.29 is 4.39 Å². The first kappa shape index (κ1) is 17.0. The van der Waals surface area contributed by atoms with Crippen LogP contribution in [0.3, 0.4) is 0 Å². The van der Waals surface area contributed by atoms with Crippen molar-refractivity contribution in [2.24, 2.45) is 4.99 Å². The first-order valence-electron chi connectivity index (χ1n) is 8.41. The maximum absolute atomic E-state index is 13.9. The fraction of sp³-hybridized carbons (Fsp3) is 0.300. The molecule has 0 unspecified atom stereocenters. The average molecular weight is 369 g/mol. The van der Waals surface area contributed by atoms with Crippen LogP contribution in [0.15, 0.2) is 41.4 Å². The van der Waals surface area contributed by atoms with Gasteiger partial charge in [-0.3, -0.25) is 4.99 Å². The van der Waals surface area contributed by atoms with Crippen LogP contribution in [-0.4, -0.2) is 26.4 Å². The highest BCUT2D eigenvalue weighted by molar-refractivity contribution is 6.32. The molecule has 0 N–H and O–H groups in total. The van der Waals surface area contributed by atoms with Crippen molar-refractivity contribution in [3.63, 3.8) is 0 Å². The lowest BCUT2D eigenvalue weighted by atomic mass is 9.66. The molecule has 0 fully saturated rings. The molecule has 0 bridgehead atoms. The highest BCUT2D eigenvalue weighted by atomic mass is 35.5. The van der Waals surface area contributed by atoms with E-state index in [-0.39, 0.29) is 10.9 Å². The highest BCUT2D eigenvalue weighted by Crippen LogP contribution is 2.46. The van der Waals surface area contributed by atoms with Gasteiger partial charge in [-0.05, 0) is 37.6 Å². The predicted octanol–water partition coefficient (Wildman–Crippen LogP) is 4.72. The second-order valence-electron chi connectivity index (χ2n) is 7.55. The maximum atomic E-state index is 13.9. The second-order valence-corrected chi connectivity index (χ2v) is 7.96. The number of aliphatic imine (C=N–C) groups is 1. The van der Waals surface area contributed by atoms with Crippen molar-refractivity contribution in [2.45, 2.75) is 38.6 Å². The van der Waals surface area contributed by atoms with Gasteiger partial charge in [0, 0.05) is 16.0 Å². The minimum Gasteiger partial charge on any atom is -0.274 e. The van der Waals surface area contributed by atoms with E-state index in [1.165, 1.54) is 6.07 Å². The minimum absolute atomic E-state index is 0.151. The van der Waals surface area contributed by atoms with E-state index in [0.29, 0.717) is 22.1 Å². The zero-order valence-corrected chi connectivity index (χ0v) is 15.8. The monoisotopic (exact) mass is 368 g/mol. The van der Waals surface area contributed by atoms with Gasteiger partial charge in [0.25, 0.3) is 0 Å². The van der Waals surface area contributed by atoms with Crippen LogP contribution in [0.4, 0.5) is 4.39 Å². The summed E-state index contributed by atoms with van der Waals surface area (Å²) in [6.45, 7) is 8.39. The summed E-state index contributed by atoms with van der Waals surface area (Å²) < 4.78 is 13.9. The third kappa shape index (κ3) is 2.34. The number of halogens is 2. The van der Waals surface area contributed by atoms with Crippen LogP contribution < -0.4 is 0 Å². The topological polar surface area (TPSA) is 51.0 Å². The number of hydrogen-bond donors (Lipinski definition) is 0. The minimum atomic E-state index is -0.440. The number of fused-ring (bicyclic) bond motifs is 2.